The zero-order valence-electron chi connectivity index (χ0n) is 10.8. The number of pyridine rings is 1. The molecule has 0 saturated heterocycles. The van der Waals surface area contributed by atoms with Crippen LogP contribution in [0.1, 0.15) is 5.56 Å². The molecule has 7 heteroatoms. The van der Waals surface area contributed by atoms with Gasteiger partial charge in [-0.1, -0.05) is 41.4 Å². The molecule has 4 nitrogen and oxygen atoms in total. The standard InChI is InChI=1S/C13H12Cl2N2O2S/c1-9-5-3-4-6-12(9)17(2)20(18,19)10-7-11(14)13(15)16-8-10/h3-8H,1-2H3. The second kappa shape index (κ2) is 5.60. The van der Waals surface area contributed by atoms with E-state index < -0.39 is 10.0 Å². The van der Waals surface area contributed by atoms with Gasteiger partial charge in [-0.15, -0.1) is 0 Å². The molecule has 2 rings (SSSR count). The number of benzene rings is 1. The zero-order chi connectivity index (χ0) is 14.9. The number of sulfonamides is 1. The van der Waals surface area contributed by atoms with E-state index in [1.165, 1.54) is 23.6 Å². The highest BCUT2D eigenvalue weighted by Gasteiger charge is 2.23. The lowest BCUT2D eigenvalue weighted by atomic mass is 10.2. The van der Waals surface area contributed by atoms with Crippen LogP contribution in [0.3, 0.4) is 0 Å². The fourth-order valence-electron chi connectivity index (χ4n) is 1.75. The van der Waals surface area contributed by atoms with Crippen LogP contribution in [0.5, 0.6) is 0 Å². The van der Waals surface area contributed by atoms with E-state index in [1.54, 1.807) is 12.1 Å². The molecule has 0 amide bonds. The molecule has 20 heavy (non-hydrogen) atoms. The molecule has 0 saturated carbocycles. The van der Waals surface area contributed by atoms with Crippen molar-refractivity contribution in [2.24, 2.45) is 0 Å². The maximum Gasteiger partial charge on any atom is 0.265 e. The fourth-order valence-corrected chi connectivity index (χ4v) is 3.32. The van der Waals surface area contributed by atoms with Crippen LogP contribution < -0.4 is 4.31 Å². The van der Waals surface area contributed by atoms with Gasteiger partial charge in [0.05, 0.1) is 10.7 Å². The highest BCUT2D eigenvalue weighted by Crippen LogP contribution is 2.27. The summed E-state index contributed by atoms with van der Waals surface area (Å²) in [7, 11) is -2.24. The maximum absolute atomic E-state index is 12.5. The van der Waals surface area contributed by atoms with Gasteiger partial charge in [0.1, 0.15) is 10.0 Å². The van der Waals surface area contributed by atoms with Crippen molar-refractivity contribution in [1.29, 1.82) is 0 Å². The number of para-hydroxylation sites is 1. The van der Waals surface area contributed by atoms with Crippen molar-refractivity contribution in [2.45, 2.75) is 11.8 Å². The maximum atomic E-state index is 12.5. The van der Waals surface area contributed by atoms with E-state index in [9.17, 15) is 8.42 Å². The third-order valence-electron chi connectivity index (χ3n) is 2.88. The summed E-state index contributed by atoms with van der Waals surface area (Å²) >= 11 is 11.5. The van der Waals surface area contributed by atoms with E-state index in [1.807, 2.05) is 19.1 Å². The van der Waals surface area contributed by atoms with Gasteiger partial charge in [0, 0.05) is 13.2 Å². The minimum Gasteiger partial charge on any atom is -0.269 e. The Morgan fingerprint density at radius 1 is 1.20 bits per heavy atom. The molecule has 0 aliphatic carbocycles. The molecule has 0 unspecified atom stereocenters. The SMILES string of the molecule is Cc1ccccc1N(C)S(=O)(=O)c1cnc(Cl)c(Cl)c1. The average molecular weight is 331 g/mol. The minimum absolute atomic E-state index is 0.00217. The molecule has 0 fully saturated rings. The van der Waals surface area contributed by atoms with Gasteiger partial charge in [-0.25, -0.2) is 13.4 Å². The Morgan fingerprint density at radius 2 is 1.85 bits per heavy atom. The number of rotatable bonds is 3. The van der Waals surface area contributed by atoms with Gasteiger partial charge in [-0.05, 0) is 24.6 Å². The fraction of sp³-hybridized carbons (Fsp3) is 0.154. The van der Waals surface area contributed by atoms with Gasteiger partial charge in [-0.2, -0.15) is 0 Å². The number of aryl methyl sites for hydroxylation is 1. The van der Waals surface area contributed by atoms with Gasteiger partial charge in [0.15, 0.2) is 0 Å². The summed E-state index contributed by atoms with van der Waals surface area (Å²) in [4.78, 5) is 3.77. The Morgan fingerprint density at radius 3 is 2.45 bits per heavy atom. The third kappa shape index (κ3) is 2.75. The molecule has 0 aliphatic rings. The van der Waals surface area contributed by atoms with Crippen LogP contribution in [-0.4, -0.2) is 20.4 Å². The Balaban J connectivity index is 2.50. The molecule has 0 atom stereocenters. The molecule has 1 aromatic carbocycles. The number of nitrogens with zero attached hydrogens (tertiary/aromatic N) is 2. The van der Waals surface area contributed by atoms with E-state index in [0.29, 0.717) is 5.69 Å². The number of halogens is 2. The topological polar surface area (TPSA) is 50.3 Å². The van der Waals surface area contributed by atoms with E-state index in [4.69, 9.17) is 23.2 Å². The highest BCUT2D eigenvalue weighted by atomic mass is 35.5. The van der Waals surface area contributed by atoms with Crippen molar-refractivity contribution in [2.75, 3.05) is 11.4 Å². The Bertz CT molecular complexity index is 748. The zero-order valence-corrected chi connectivity index (χ0v) is 13.2. The first-order valence-electron chi connectivity index (χ1n) is 5.69. The highest BCUT2D eigenvalue weighted by molar-refractivity contribution is 7.92. The lowest BCUT2D eigenvalue weighted by Gasteiger charge is -2.21. The monoisotopic (exact) mass is 330 g/mol. The van der Waals surface area contributed by atoms with Crippen LogP contribution in [0.25, 0.3) is 0 Å². The lowest BCUT2D eigenvalue weighted by molar-refractivity contribution is 0.594. The normalized spacial score (nSPS) is 11.4. The summed E-state index contributed by atoms with van der Waals surface area (Å²) in [6, 6.07) is 8.49. The quantitative estimate of drug-likeness (QED) is 0.809. The van der Waals surface area contributed by atoms with Crippen LogP contribution in [0.4, 0.5) is 5.69 Å². The molecule has 2 aromatic rings. The summed E-state index contributed by atoms with van der Waals surface area (Å²) < 4.78 is 26.3. The molecule has 1 aromatic heterocycles. The van der Waals surface area contributed by atoms with Crippen molar-refractivity contribution in [3.8, 4) is 0 Å². The Hall–Kier alpha value is -1.30. The molecular formula is C13H12Cl2N2O2S. The summed E-state index contributed by atoms with van der Waals surface area (Å²) in [5.74, 6) is 0. The molecule has 0 aliphatic heterocycles. The van der Waals surface area contributed by atoms with Crippen LogP contribution >= 0.6 is 23.2 Å². The first-order chi connectivity index (χ1) is 9.34. The molecule has 0 spiro atoms. The van der Waals surface area contributed by atoms with Gasteiger partial charge >= 0.3 is 0 Å². The van der Waals surface area contributed by atoms with Gasteiger partial charge < -0.3 is 0 Å². The van der Waals surface area contributed by atoms with Gasteiger partial charge in [0.25, 0.3) is 10.0 Å². The molecule has 1 heterocycles. The van der Waals surface area contributed by atoms with Crippen LogP contribution in [0.2, 0.25) is 10.2 Å². The van der Waals surface area contributed by atoms with Gasteiger partial charge in [0.2, 0.25) is 0 Å². The predicted octanol–water partition coefficient (Wildman–Crippen LogP) is 3.52. The molecule has 0 bridgehead atoms. The van der Waals surface area contributed by atoms with Gasteiger partial charge in [-0.3, -0.25) is 4.31 Å². The van der Waals surface area contributed by atoms with E-state index in [0.717, 1.165) is 5.56 Å². The van der Waals surface area contributed by atoms with E-state index in [-0.39, 0.29) is 15.1 Å². The van der Waals surface area contributed by atoms with Crippen molar-refractivity contribution in [1.82, 2.24) is 4.98 Å². The lowest BCUT2D eigenvalue weighted by Crippen LogP contribution is -2.27. The minimum atomic E-state index is -3.73. The predicted molar refractivity (Wildman–Crippen MR) is 81.0 cm³/mol. The molecule has 0 N–H and O–H groups in total. The third-order valence-corrected chi connectivity index (χ3v) is 5.31. The number of hydrogen-bond acceptors (Lipinski definition) is 3. The first-order valence-corrected chi connectivity index (χ1v) is 7.89. The summed E-state index contributed by atoms with van der Waals surface area (Å²) in [6.07, 6.45) is 1.19. The second-order valence-corrected chi connectivity index (χ2v) is 6.94. The summed E-state index contributed by atoms with van der Waals surface area (Å²) in [5.41, 5.74) is 1.45. The second-order valence-electron chi connectivity index (χ2n) is 4.20. The summed E-state index contributed by atoms with van der Waals surface area (Å²) in [5, 5.41) is 0.176. The molecule has 106 valence electrons. The summed E-state index contributed by atoms with van der Waals surface area (Å²) in [6.45, 7) is 1.84. The smallest absolute Gasteiger partial charge is 0.265 e. The first kappa shape index (κ1) is 15.1. The van der Waals surface area contributed by atoms with Crippen LogP contribution in [-0.2, 0) is 10.0 Å². The largest absolute Gasteiger partial charge is 0.269 e. The van der Waals surface area contributed by atoms with Crippen molar-refractivity contribution >= 4 is 38.9 Å². The van der Waals surface area contributed by atoms with Crippen molar-refractivity contribution in [3.63, 3.8) is 0 Å². The number of hydrogen-bond donors (Lipinski definition) is 0. The van der Waals surface area contributed by atoms with E-state index in [2.05, 4.69) is 4.98 Å². The molecule has 0 radical (unpaired) electrons. The van der Waals surface area contributed by atoms with E-state index >= 15 is 0 Å². The molecular weight excluding hydrogens is 319 g/mol. The van der Waals surface area contributed by atoms with Crippen molar-refractivity contribution in [3.05, 3.63) is 52.3 Å². The number of anilines is 1. The van der Waals surface area contributed by atoms with Crippen molar-refractivity contribution < 1.29 is 8.42 Å². The Kier molecular flexibility index (Phi) is 4.22. The number of aromatic nitrogens is 1. The Labute approximate surface area is 128 Å². The van der Waals surface area contributed by atoms with Crippen LogP contribution in [0, 0.1) is 6.92 Å². The average Bonchev–Trinajstić information content (AvgIpc) is 2.41. The van der Waals surface area contributed by atoms with Crippen LogP contribution in [0.15, 0.2) is 41.4 Å².